The molecule has 32 heavy (non-hydrogen) atoms. The first-order valence-electron chi connectivity index (χ1n) is 12.4. The molecule has 3 atom stereocenters. The molecule has 5 rings (SSSR count). The van der Waals surface area contributed by atoms with Crippen LogP contribution in [0.5, 0.6) is 0 Å². The Kier molecular flexibility index (Phi) is 6.28. The fourth-order valence-corrected chi connectivity index (χ4v) is 6.36. The molecule has 2 saturated heterocycles. The molecule has 3 heterocycles. The van der Waals surface area contributed by atoms with Gasteiger partial charge in [0, 0.05) is 36.6 Å². The molecule has 0 unspecified atom stereocenters. The number of para-hydroxylation sites is 1. The van der Waals surface area contributed by atoms with Crippen LogP contribution in [0, 0.1) is 18.3 Å². The largest absolute Gasteiger partial charge is 0.459 e. The third-order valence-corrected chi connectivity index (χ3v) is 8.37. The first-order valence-corrected chi connectivity index (χ1v) is 12.4. The van der Waals surface area contributed by atoms with Crippen molar-refractivity contribution in [1.82, 2.24) is 15.1 Å². The van der Waals surface area contributed by atoms with Crippen LogP contribution in [0.2, 0.25) is 0 Å². The number of likely N-dealkylation sites (tertiary alicyclic amines) is 1. The van der Waals surface area contributed by atoms with E-state index in [2.05, 4.69) is 35.0 Å². The van der Waals surface area contributed by atoms with Gasteiger partial charge in [0.25, 0.3) is 0 Å². The average molecular weight is 440 g/mol. The minimum Gasteiger partial charge on any atom is -0.459 e. The number of hydrogen-bond donors (Lipinski definition) is 1. The molecule has 1 amide bonds. The molecule has 6 heteroatoms. The van der Waals surface area contributed by atoms with Crippen molar-refractivity contribution in [2.75, 3.05) is 45.9 Å². The molecule has 174 valence electrons. The second-order valence-electron chi connectivity index (χ2n) is 9.92. The summed E-state index contributed by atoms with van der Waals surface area (Å²) >= 11 is 0. The zero-order chi connectivity index (χ0) is 22.1. The van der Waals surface area contributed by atoms with Crippen molar-refractivity contribution >= 4 is 16.9 Å². The van der Waals surface area contributed by atoms with Crippen LogP contribution in [0.1, 0.15) is 43.9 Å². The van der Waals surface area contributed by atoms with Gasteiger partial charge in [0.05, 0.1) is 25.2 Å². The number of fused-ring (bicyclic) bond motifs is 2. The second-order valence-corrected chi connectivity index (χ2v) is 9.92. The van der Waals surface area contributed by atoms with E-state index in [0.29, 0.717) is 18.5 Å². The Hall–Kier alpha value is -1.89. The lowest BCUT2D eigenvalue weighted by atomic mass is 9.61. The number of furan rings is 1. The van der Waals surface area contributed by atoms with E-state index < -0.39 is 0 Å². The number of rotatable bonds is 5. The van der Waals surface area contributed by atoms with Crippen LogP contribution in [0.3, 0.4) is 0 Å². The van der Waals surface area contributed by atoms with E-state index in [1.807, 2.05) is 18.2 Å². The van der Waals surface area contributed by atoms with Gasteiger partial charge in [-0.25, -0.2) is 0 Å². The molecule has 0 radical (unpaired) electrons. The molecular formula is C26H37N3O3. The van der Waals surface area contributed by atoms with Crippen LogP contribution >= 0.6 is 0 Å². The standard InChI is InChI=1S/C26H37N3O3/c1-3-28-11-9-20-16-21(29-12-14-31-15-13-29)8-10-26(20,18-28)25(30)27-17-24-19(2)22-6-4-5-7-23(22)32-24/h4-7,20-21H,3,8-18H2,1-2H3,(H,27,30)/t20-,21+,26-/m1/s1. The van der Waals surface area contributed by atoms with Gasteiger partial charge in [-0.1, -0.05) is 25.1 Å². The summed E-state index contributed by atoms with van der Waals surface area (Å²) in [6.07, 6.45) is 4.33. The number of ether oxygens (including phenoxy) is 1. The number of carbonyl (C=O) groups is 1. The lowest BCUT2D eigenvalue weighted by molar-refractivity contribution is -0.145. The number of amides is 1. The Morgan fingerprint density at radius 1 is 1.19 bits per heavy atom. The SMILES string of the molecule is CCN1CC[C@@H]2C[C@@H](N3CCOCC3)CC[C@@]2(C(=O)NCc2oc3ccccc3c2C)C1. The molecule has 1 aromatic heterocycles. The summed E-state index contributed by atoms with van der Waals surface area (Å²) < 4.78 is 11.6. The smallest absolute Gasteiger partial charge is 0.228 e. The Morgan fingerprint density at radius 2 is 2.00 bits per heavy atom. The number of hydrogen-bond acceptors (Lipinski definition) is 5. The van der Waals surface area contributed by atoms with Gasteiger partial charge in [-0.05, 0) is 57.7 Å². The maximum atomic E-state index is 13.8. The fraction of sp³-hybridized carbons (Fsp3) is 0.654. The van der Waals surface area contributed by atoms with E-state index in [1.54, 1.807) is 0 Å². The zero-order valence-electron chi connectivity index (χ0n) is 19.6. The molecule has 0 spiro atoms. The van der Waals surface area contributed by atoms with Crippen LogP contribution in [-0.4, -0.2) is 67.7 Å². The lowest BCUT2D eigenvalue weighted by Crippen LogP contribution is -2.60. The van der Waals surface area contributed by atoms with Crippen molar-refractivity contribution in [1.29, 1.82) is 0 Å². The van der Waals surface area contributed by atoms with Crippen molar-refractivity contribution in [2.24, 2.45) is 11.3 Å². The molecule has 0 bridgehead atoms. The van der Waals surface area contributed by atoms with E-state index in [0.717, 1.165) is 93.9 Å². The first-order chi connectivity index (χ1) is 15.6. The molecule has 2 aromatic rings. The van der Waals surface area contributed by atoms with Crippen molar-refractivity contribution in [2.45, 2.75) is 52.1 Å². The molecule has 1 N–H and O–H groups in total. The Balaban J connectivity index is 1.32. The van der Waals surface area contributed by atoms with Crippen LogP contribution < -0.4 is 5.32 Å². The van der Waals surface area contributed by atoms with Crippen molar-refractivity contribution < 1.29 is 13.9 Å². The van der Waals surface area contributed by atoms with E-state index in [1.165, 1.54) is 0 Å². The van der Waals surface area contributed by atoms with E-state index in [9.17, 15) is 4.79 Å². The van der Waals surface area contributed by atoms with Gasteiger partial charge < -0.3 is 19.4 Å². The molecule has 1 saturated carbocycles. The summed E-state index contributed by atoms with van der Waals surface area (Å²) in [5.74, 6) is 1.54. The minimum absolute atomic E-state index is 0.223. The fourth-order valence-electron chi connectivity index (χ4n) is 6.36. The average Bonchev–Trinajstić information content (AvgIpc) is 3.17. The van der Waals surface area contributed by atoms with E-state index in [4.69, 9.17) is 9.15 Å². The Morgan fingerprint density at radius 3 is 2.78 bits per heavy atom. The van der Waals surface area contributed by atoms with Gasteiger partial charge in [-0.15, -0.1) is 0 Å². The molecule has 2 aliphatic heterocycles. The van der Waals surface area contributed by atoms with Crippen LogP contribution in [0.25, 0.3) is 11.0 Å². The molecular weight excluding hydrogens is 402 g/mol. The number of nitrogens with one attached hydrogen (secondary N) is 1. The number of piperidine rings is 1. The van der Waals surface area contributed by atoms with Gasteiger partial charge in [0.2, 0.25) is 5.91 Å². The number of carbonyl (C=O) groups excluding carboxylic acids is 1. The van der Waals surface area contributed by atoms with E-state index >= 15 is 0 Å². The topological polar surface area (TPSA) is 58.0 Å². The summed E-state index contributed by atoms with van der Waals surface area (Å²) in [6, 6.07) is 8.70. The summed E-state index contributed by atoms with van der Waals surface area (Å²) in [5.41, 5.74) is 1.74. The summed E-state index contributed by atoms with van der Waals surface area (Å²) in [6.45, 7) is 11.5. The van der Waals surface area contributed by atoms with Gasteiger partial charge in [0.1, 0.15) is 11.3 Å². The highest BCUT2D eigenvalue weighted by molar-refractivity contribution is 5.84. The predicted molar refractivity (Wildman–Crippen MR) is 125 cm³/mol. The molecule has 6 nitrogen and oxygen atoms in total. The van der Waals surface area contributed by atoms with Crippen LogP contribution in [-0.2, 0) is 16.1 Å². The van der Waals surface area contributed by atoms with E-state index in [-0.39, 0.29) is 11.3 Å². The monoisotopic (exact) mass is 439 g/mol. The summed E-state index contributed by atoms with van der Waals surface area (Å²) in [4.78, 5) is 18.9. The molecule has 1 aliphatic carbocycles. The summed E-state index contributed by atoms with van der Waals surface area (Å²) in [7, 11) is 0. The first kappa shape index (κ1) is 21.9. The van der Waals surface area contributed by atoms with Crippen molar-refractivity contribution in [3.05, 3.63) is 35.6 Å². The number of morpholine rings is 1. The number of benzene rings is 1. The van der Waals surface area contributed by atoms with Gasteiger partial charge in [-0.2, -0.15) is 0 Å². The Bertz CT molecular complexity index is 951. The van der Waals surface area contributed by atoms with Gasteiger partial charge in [-0.3, -0.25) is 9.69 Å². The maximum absolute atomic E-state index is 13.8. The third kappa shape index (κ3) is 3.97. The highest BCUT2D eigenvalue weighted by atomic mass is 16.5. The second kappa shape index (κ2) is 9.16. The normalized spacial score (nSPS) is 29.7. The quantitative estimate of drug-likeness (QED) is 0.772. The molecule has 3 aliphatic rings. The molecule has 1 aromatic carbocycles. The van der Waals surface area contributed by atoms with Crippen molar-refractivity contribution in [3.63, 3.8) is 0 Å². The molecule has 3 fully saturated rings. The van der Waals surface area contributed by atoms with Crippen LogP contribution in [0.15, 0.2) is 28.7 Å². The number of aryl methyl sites for hydroxylation is 1. The summed E-state index contributed by atoms with van der Waals surface area (Å²) in [5, 5.41) is 4.44. The highest BCUT2D eigenvalue weighted by Gasteiger charge is 2.52. The lowest BCUT2D eigenvalue weighted by Gasteiger charge is -2.53. The van der Waals surface area contributed by atoms with Gasteiger partial charge >= 0.3 is 0 Å². The van der Waals surface area contributed by atoms with Crippen molar-refractivity contribution in [3.8, 4) is 0 Å². The number of nitrogens with zero attached hydrogens (tertiary/aromatic N) is 2. The zero-order valence-corrected chi connectivity index (χ0v) is 19.6. The van der Waals surface area contributed by atoms with Gasteiger partial charge in [0.15, 0.2) is 0 Å². The minimum atomic E-state index is -0.281. The van der Waals surface area contributed by atoms with Crippen LogP contribution in [0.4, 0.5) is 0 Å². The maximum Gasteiger partial charge on any atom is 0.228 e. The Labute approximate surface area is 191 Å². The highest BCUT2D eigenvalue weighted by Crippen LogP contribution is 2.48. The third-order valence-electron chi connectivity index (χ3n) is 8.37. The predicted octanol–water partition coefficient (Wildman–Crippen LogP) is 3.57.